The molecule has 1 amide bonds. The van der Waals surface area contributed by atoms with Crippen LogP contribution in [-0.4, -0.2) is 32.1 Å². The van der Waals surface area contributed by atoms with Crippen LogP contribution >= 0.6 is 22.9 Å². The molecular weight excluding hydrogens is 382 g/mol. The van der Waals surface area contributed by atoms with Crippen LogP contribution in [0.4, 0.5) is 5.69 Å². The van der Waals surface area contributed by atoms with Gasteiger partial charge in [0.1, 0.15) is 5.82 Å². The standard InChI is InChI=1S/C16H10ClN3O5S/c17-9-4-2-1-3-7(9)14(22)18-10-6-26-5-8(10)13-19-11(16(24)25)12(21)15(23)20-13/h1-6,21H,(H,18,22)(H,24,25)(H,19,20,23). The summed E-state index contributed by atoms with van der Waals surface area (Å²) in [5, 5.41) is 24.6. The molecule has 0 saturated heterocycles. The van der Waals surface area contributed by atoms with Gasteiger partial charge in [-0.05, 0) is 12.1 Å². The summed E-state index contributed by atoms with van der Waals surface area (Å²) in [6.07, 6.45) is 0. The molecule has 132 valence electrons. The number of halogens is 1. The summed E-state index contributed by atoms with van der Waals surface area (Å²) in [5.41, 5.74) is -0.912. The third-order valence-electron chi connectivity index (χ3n) is 3.38. The number of nitrogens with zero attached hydrogens (tertiary/aromatic N) is 1. The average molecular weight is 392 g/mol. The Bertz CT molecular complexity index is 1080. The maximum atomic E-state index is 12.4. The van der Waals surface area contributed by atoms with Crippen molar-refractivity contribution in [2.45, 2.75) is 0 Å². The predicted octanol–water partition coefficient (Wildman–Crippen LogP) is 2.81. The summed E-state index contributed by atoms with van der Waals surface area (Å²) in [6, 6.07) is 6.47. The summed E-state index contributed by atoms with van der Waals surface area (Å²) in [4.78, 5) is 41.3. The Morgan fingerprint density at radius 3 is 2.65 bits per heavy atom. The van der Waals surface area contributed by atoms with Crippen molar-refractivity contribution in [2.24, 2.45) is 0 Å². The molecule has 0 radical (unpaired) electrons. The monoisotopic (exact) mass is 391 g/mol. The van der Waals surface area contributed by atoms with Crippen molar-refractivity contribution in [2.75, 3.05) is 5.32 Å². The van der Waals surface area contributed by atoms with Crippen molar-refractivity contribution in [1.29, 1.82) is 0 Å². The van der Waals surface area contributed by atoms with E-state index in [1.807, 2.05) is 0 Å². The topological polar surface area (TPSA) is 132 Å². The summed E-state index contributed by atoms with van der Waals surface area (Å²) in [7, 11) is 0. The van der Waals surface area contributed by atoms with Gasteiger partial charge in [0, 0.05) is 10.8 Å². The number of benzene rings is 1. The van der Waals surface area contributed by atoms with E-state index >= 15 is 0 Å². The van der Waals surface area contributed by atoms with Crippen LogP contribution in [0.5, 0.6) is 5.75 Å². The molecule has 0 spiro atoms. The molecule has 0 atom stereocenters. The number of carboxylic acids is 1. The van der Waals surface area contributed by atoms with E-state index in [0.29, 0.717) is 11.3 Å². The van der Waals surface area contributed by atoms with Crippen LogP contribution in [0.3, 0.4) is 0 Å². The minimum atomic E-state index is -1.55. The van der Waals surface area contributed by atoms with Gasteiger partial charge in [-0.2, -0.15) is 0 Å². The molecule has 1 aromatic carbocycles. The van der Waals surface area contributed by atoms with Crippen LogP contribution in [0.1, 0.15) is 20.8 Å². The summed E-state index contributed by atoms with van der Waals surface area (Å²) >= 11 is 7.21. The number of hydrogen-bond donors (Lipinski definition) is 4. The van der Waals surface area contributed by atoms with E-state index in [0.717, 1.165) is 0 Å². The highest BCUT2D eigenvalue weighted by Gasteiger charge is 2.20. The Labute approximate surface area is 154 Å². The molecule has 26 heavy (non-hydrogen) atoms. The number of H-pyrrole nitrogens is 1. The molecule has 0 aliphatic rings. The van der Waals surface area contributed by atoms with Gasteiger partial charge in [0.15, 0.2) is 5.69 Å². The van der Waals surface area contributed by atoms with Crippen molar-refractivity contribution in [3.05, 3.63) is 61.7 Å². The first kappa shape index (κ1) is 17.6. The van der Waals surface area contributed by atoms with Gasteiger partial charge < -0.3 is 20.5 Å². The number of aromatic carboxylic acids is 1. The van der Waals surface area contributed by atoms with Crippen LogP contribution < -0.4 is 10.9 Å². The number of aromatic hydroxyl groups is 1. The quantitative estimate of drug-likeness (QED) is 0.540. The molecule has 0 aliphatic carbocycles. The SMILES string of the molecule is O=C(Nc1cscc1-c1nc(C(=O)O)c(O)c(=O)[nH]1)c1ccccc1Cl. The highest BCUT2D eigenvalue weighted by atomic mass is 35.5. The van der Waals surface area contributed by atoms with Gasteiger partial charge in [0.2, 0.25) is 5.75 Å². The smallest absolute Gasteiger partial charge is 0.358 e. The van der Waals surface area contributed by atoms with Gasteiger partial charge in [-0.1, -0.05) is 23.7 Å². The molecule has 0 aliphatic heterocycles. The number of aromatic nitrogens is 2. The molecule has 8 nitrogen and oxygen atoms in total. The van der Waals surface area contributed by atoms with Crippen LogP contribution in [0.25, 0.3) is 11.4 Å². The molecule has 4 N–H and O–H groups in total. The Hall–Kier alpha value is -3.17. The van der Waals surface area contributed by atoms with Gasteiger partial charge in [0.25, 0.3) is 11.5 Å². The first-order chi connectivity index (χ1) is 12.4. The molecule has 2 heterocycles. The van der Waals surface area contributed by atoms with E-state index < -0.39 is 28.9 Å². The summed E-state index contributed by atoms with van der Waals surface area (Å²) in [5.74, 6) is -3.11. The fourth-order valence-corrected chi connectivity index (χ4v) is 3.14. The fourth-order valence-electron chi connectivity index (χ4n) is 2.16. The lowest BCUT2D eigenvalue weighted by Gasteiger charge is -2.08. The van der Waals surface area contributed by atoms with Crippen molar-refractivity contribution < 1.29 is 19.8 Å². The lowest BCUT2D eigenvalue weighted by molar-refractivity contribution is 0.0686. The number of aromatic amines is 1. The first-order valence-corrected chi connectivity index (χ1v) is 8.39. The summed E-state index contributed by atoms with van der Waals surface area (Å²) < 4.78 is 0. The largest absolute Gasteiger partial charge is 0.501 e. The second-order valence-electron chi connectivity index (χ2n) is 5.05. The number of carbonyl (C=O) groups is 2. The predicted molar refractivity (Wildman–Crippen MR) is 96.2 cm³/mol. The van der Waals surface area contributed by atoms with E-state index in [-0.39, 0.29) is 16.4 Å². The third-order valence-corrected chi connectivity index (χ3v) is 4.45. The Kier molecular flexibility index (Phi) is 4.74. The van der Waals surface area contributed by atoms with Crippen molar-refractivity contribution >= 4 is 40.5 Å². The second-order valence-corrected chi connectivity index (χ2v) is 6.20. The number of carbonyl (C=O) groups excluding carboxylic acids is 1. The Balaban J connectivity index is 2.00. The second kappa shape index (κ2) is 6.98. The maximum Gasteiger partial charge on any atom is 0.358 e. The highest BCUT2D eigenvalue weighted by Crippen LogP contribution is 2.30. The van der Waals surface area contributed by atoms with Gasteiger partial charge in [0.05, 0.1) is 21.8 Å². The van der Waals surface area contributed by atoms with Crippen LogP contribution in [-0.2, 0) is 0 Å². The zero-order valence-corrected chi connectivity index (χ0v) is 14.4. The first-order valence-electron chi connectivity index (χ1n) is 7.07. The number of thiophene rings is 1. The highest BCUT2D eigenvalue weighted by molar-refractivity contribution is 7.08. The van der Waals surface area contributed by atoms with Gasteiger partial charge in [-0.25, -0.2) is 9.78 Å². The average Bonchev–Trinajstić information content (AvgIpc) is 3.05. The number of carboxylic acid groups (broad SMARTS) is 1. The normalized spacial score (nSPS) is 10.5. The van der Waals surface area contributed by atoms with Crippen LogP contribution in [0.2, 0.25) is 5.02 Å². The summed E-state index contributed by atoms with van der Waals surface area (Å²) in [6.45, 7) is 0. The molecule has 3 rings (SSSR count). The van der Waals surface area contributed by atoms with E-state index in [1.54, 1.807) is 35.0 Å². The minimum Gasteiger partial charge on any atom is -0.501 e. The Morgan fingerprint density at radius 1 is 1.23 bits per heavy atom. The lowest BCUT2D eigenvalue weighted by atomic mass is 10.2. The zero-order chi connectivity index (χ0) is 18.8. The van der Waals surface area contributed by atoms with Crippen molar-refractivity contribution in [3.63, 3.8) is 0 Å². The lowest BCUT2D eigenvalue weighted by Crippen LogP contribution is -2.16. The van der Waals surface area contributed by atoms with Crippen LogP contribution in [0, 0.1) is 0 Å². The molecule has 3 aromatic rings. The zero-order valence-electron chi connectivity index (χ0n) is 12.8. The van der Waals surface area contributed by atoms with Crippen molar-refractivity contribution in [3.8, 4) is 17.1 Å². The molecule has 0 fully saturated rings. The fraction of sp³-hybridized carbons (Fsp3) is 0. The maximum absolute atomic E-state index is 12.4. The van der Waals surface area contributed by atoms with E-state index in [9.17, 15) is 19.5 Å². The van der Waals surface area contributed by atoms with E-state index in [1.165, 1.54) is 11.3 Å². The Morgan fingerprint density at radius 2 is 1.96 bits per heavy atom. The molecule has 0 unspecified atom stereocenters. The number of nitrogens with one attached hydrogen (secondary N) is 2. The van der Waals surface area contributed by atoms with Gasteiger partial charge >= 0.3 is 5.97 Å². The number of hydrogen-bond acceptors (Lipinski definition) is 6. The molecule has 0 saturated carbocycles. The molecule has 2 aromatic heterocycles. The van der Waals surface area contributed by atoms with Gasteiger partial charge in [-0.3, -0.25) is 9.59 Å². The molecule has 0 bridgehead atoms. The number of anilines is 1. The van der Waals surface area contributed by atoms with Crippen LogP contribution in [0.15, 0.2) is 39.8 Å². The number of rotatable bonds is 4. The molecule has 10 heteroatoms. The van der Waals surface area contributed by atoms with E-state index in [4.69, 9.17) is 16.7 Å². The van der Waals surface area contributed by atoms with E-state index in [2.05, 4.69) is 15.3 Å². The molecular formula is C16H10ClN3O5S. The number of amides is 1. The minimum absolute atomic E-state index is 0.0964. The van der Waals surface area contributed by atoms with Gasteiger partial charge in [-0.15, -0.1) is 11.3 Å². The third kappa shape index (κ3) is 3.30. The van der Waals surface area contributed by atoms with Crippen molar-refractivity contribution in [1.82, 2.24) is 9.97 Å².